The molecule has 0 saturated carbocycles. The van der Waals surface area contributed by atoms with E-state index in [0.717, 1.165) is 21.6 Å². The molecule has 11 heteroatoms. The van der Waals surface area contributed by atoms with Crippen LogP contribution in [0.15, 0.2) is 36.9 Å². The molecule has 36 heavy (non-hydrogen) atoms. The highest BCUT2D eigenvalue weighted by Gasteiger charge is 2.25. The summed E-state index contributed by atoms with van der Waals surface area (Å²) in [6.07, 6.45) is 6.62. The van der Waals surface area contributed by atoms with Crippen molar-refractivity contribution >= 4 is 22.9 Å². The first-order chi connectivity index (χ1) is 17.1. The molecule has 0 spiro atoms. The fourth-order valence-corrected chi connectivity index (χ4v) is 4.30. The summed E-state index contributed by atoms with van der Waals surface area (Å²) in [7, 11) is 0. The lowest BCUT2D eigenvalue weighted by molar-refractivity contribution is 0.102. The van der Waals surface area contributed by atoms with Gasteiger partial charge in [-0.15, -0.1) is 0 Å². The van der Waals surface area contributed by atoms with Gasteiger partial charge in [-0.2, -0.15) is 13.9 Å². The maximum Gasteiger partial charge on any atom is 0.260 e. The molecule has 1 N–H and O–H groups in total. The van der Waals surface area contributed by atoms with Gasteiger partial charge in [-0.25, -0.2) is 14.6 Å². The van der Waals surface area contributed by atoms with Gasteiger partial charge in [-0.05, 0) is 39.8 Å². The molecule has 1 amide bonds. The number of rotatable bonds is 4. The highest BCUT2D eigenvalue weighted by Crippen LogP contribution is 2.31. The van der Waals surface area contributed by atoms with E-state index in [-0.39, 0.29) is 11.3 Å². The molecule has 4 aromatic heterocycles. The van der Waals surface area contributed by atoms with Crippen LogP contribution < -0.4 is 10.2 Å². The van der Waals surface area contributed by atoms with Crippen LogP contribution in [-0.4, -0.2) is 56.4 Å². The number of ether oxygens (including phenoxy) is 1. The van der Waals surface area contributed by atoms with Crippen molar-refractivity contribution in [3.8, 4) is 11.1 Å². The molecule has 0 unspecified atom stereocenters. The number of carbonyl (C=O) groups is 1. The van der Waals surface area contributed by atoms with Crippen molar-refractivity contribution < 1.29 is 18.3 Å². The molecule has 0 aliphatic carbocycles. The fraction of sp³-hybridized carbons (Fsp3) is 0.360. The maximum atomic E-state index is 14.8. The molecule has 188 valence electrons. The molecule has 4 aromatic rings. The van der Waals surface area contributed by atoms with Gasteiger partial charge in [0.2, 0.25) is 11.9 Å². The van der Waals surface area contributed by atoms with Gasteiger partial charge in [0.15, 0.2) is 5.65 Å². The number of nitrogens with one attached hydrogen (secondary N) is 1. The molecule has 0 atom stereocenters. The van der Waals surface area contributed by atoms with E-state index in [1.165, 1.54) is 12.3 Å². The number of nitrogens with zero attached hydrogens (tertiary/aromatic N) is 6. The van der Waals surface area contributed by atoms with E-state index in [1.807, 2.05) is 22.9 Å². The normalized spacial score (nSPS) is 14.4. The summed E-state index contributed by atoms with van der Waals surface area (Å²) in [6, 6.07) is 3.41. The van der Waals surface area contributed by atoms with Gasteiger partial charge < -0.3 is 19.4 Å². The number of morpholine rings is 1. The second kappa shape index (κ2) is 8.98. The molecule has 5 heterocycles. The van der Waals surface area contributed by atoms with Gasteiger partial charge in [0.05, 0.1) is 36.2 Å². The Kier molecular flexibility index (Phi) is 5.95. The molecule has 0 aromatic carbocycles. The number of fused-ring (bicyclic) bond motifs is 1. The molecule has 0 radical (unpaired) electrons. The third-order valence-electron chi connectivity index (χ3n) is 6.14. The maximum absolute atomic E-state index is 14.8. The van der Waals surface area contributed by atoms with Gasteiger partial charge >= 0.3 is 0 Å². The van der Waals surface area contributed by atoms with Crippen molar-refractivity contribution in [1.82, 2.24) is 24.1 Å². The predicted molar refractivity (Wildman–Crippen MR) is 131 cm³/mol. The van der Waals surface area contributed by atoms with Crippen molar-refractivity contribution in [2.75, 3.05) is 36.5 Å². The van der Waals surface area contributed by atoms with Crippen LogP contribution in [0.3, 0.4) is 0 Å². The minimum atomic E-state index is -0.936. The fourth-order valence-electron chi connectivity index (χ4n) is 4.30. The van der Waals surface area contributed by atoms with E-state index in [1.54, 1.807) is 33.9 Å². The minimum absolute atomic E-state index is 0.133. The molecule has 1 aliphatic rings. The van der Waals surface area contributed by atoms with Crippen molar-refractivity contribution in [3.05, 3.63) is 60.1 Å². The van der Waals surface area contributed by atoms with Crippen LogP contribution in [0, 0.1) is 18.8 Å². The highest BCUT2D eigenvalue weighted by atomic mass is 19.1. The topological polar surface area (TPSA) is 89.6 Å². The minimum Gasteiger partial charge on any atom is -0.378 e. The smallest absolute Gasteiger partial charge is 0.260 e. The lowest BCUT2D eigenvalue weighted by Crippen LogP contribution is -2.36. The molecular weight excluding hydrogens is 468 g/mol. The Balaban J connectivity index is 1.53. The highest BCUT2D eigenvalue weighted by molar-refractivity contribution is 6.05. The Morgan fingerprint density at radius 3 is 2.61 bits per heavy atom. The van der Waals surface area contributed by atoms with Crippen LogP contribution in [0.2, 0.25) is 0 Å². The predicted octanol–water partition coefficient (Wildman–Crippen LogP) is 4.02. The summed E-state index contributed by atoms with van der Waals surface area (Å²) >= 11 is 0. The Morgan fingerprint density at radius 1 is 1.17 bits per heavy atom. The molecule has 1 saturated heterocycles. The van der Waals surface area contributed by atoms with Gasteiger partial charge in [0.25, 0.3) is 5.91 Å². The SMILES string of the molecule is Cc1nc(F)c(C(=O)Nc2cnn(C(C)(C)C)c2F)cc1-c1cc(N2CCOCC2)c2nccn2c1. The van der Waals surface area contributed by atoms with Crippen molar-refractivity contribution in [3.63, 3.8) is 0 Å². The summed E-state index contributed by atoms with van der Waals surface area (Å²) in [5.74, 6) is -2.46. The number of imidazole rings is 1. The number of hydrogen-bond acceptors (Lipinski definition) is 6. The van der Waals surface area contributed by atoms with E-state index in [2.05, 4.69) is 25.3 Å². The second-order valence-corrected chi connectivity index (χ2v) is 9.72. The lowest BCUT2D eigenvalue weighted by atomic mass is 10.0. The van der Waals surface area contributed by atoms with E-state index >= 15 is 0 Å². The summed E-state index contributed by atoms with van der Waals surface area (Å²) in [6.45, 7) is 9.69. The number of amides is 1. The van der Waals surface area contributed by atoms with E-state index in [9.17, 15) is 13.6 Å². The first-order valence-electron chi connectivity index (χ1n) is 11.7. The van der Waals surface area contributed by atoms with Gasteiger partial charge in [-0.1, -0.05) is 0 Å². The number of halogens is 2. The lowest BCUT2D eigenvalue weighted by Gasteiger charge is -2.29. The van der Waals surface area contributed by atoms with Crippen LogP contribution >= 0.6 is 0 Å². The summed E-state index contributed by atoms with van der Waals surface area (Å²) in [5, 5.41) is 6.44. The van der Waals surface area contributed by atoms with Gasteiger partial charge in [-0.3, -0.25) is 4.79 Å². The quantitative estimate of drug-likeness (QED) is 0.430. The van der Waals surface area contributed by atoms with Crippen molar-refractivity contribution in [2.24, 2.45) is 0 Å². The standard InChI is InChI=1S/C25H27F2N7O2/c1-15-17(16-11-20(32-7-9-36-10-8-32)23-28-5-6-33(23)14-16)12-18(21(26)30-15)24(35)31-19-13-29-34(22(19)27)25(2,3)4/h5-6,11-14H,7-10H2,1-4H3,(H,31,35). The van der Waals surface area contributed by atoms with Crippen LogP contribution in [0.25, 0.3) is 16.8 Å². The largest absolute Gasteiger partial charge is 0.378 e. The van der Waals surface area contributed by atoms with E-state index < -0.39 is 23.3 Å². The zero-order valence-corrected chi connectivity index (χ0v) is 20.5. The Bertz CT molecular complexity index is 1450. The molecule has 5 rings (SSSR count). The van der Waals surface area contributed by atoms with Gasteiger partial charge in [0.1, 0.15) is 5.69 Å². The van der Waals surface area contributed by atoms with E-state index in [0.29, 0.717) is 37.6 Å². The van der Waals surface area contributed by atoms with Crippen LogP contribution in [-0.2, 0) is 10.3 Å². The zero-order valence-electron chi connectivity index (χ0n) is 20.5. The first kappa shape index (κ1) is 23.9. The van der Waals surface area contributed by atoms with Crippen molar-refractivity contribution in [1.29, 1.82) is 0 Å². The second-order valence-electron chi connectivity index (χ2n) is 9.72. The Hall–Kier alpha value is -3.86. The Morgan fingerprint density at radius 2 is 1.92 bits per heavy atom. The third kappa shape index (κ3) is 4.30. The number of aryl methyl sites for hydroxylation is 1. The molecule has 1 aliphatic heterocycles. The zero-order chi connectivity index (χ0) is 25.6. The molecule has 1 fully saturated rings. The Labute approximate surface area is 206 Å². The average Bonchev–Trinajstić information content (AvgIpc) is 3.45. The molecular formula is C25H27F2N7O2. The third-order valence-corrected chi connectivity index (χ3v) is 6.14. The molecule has 9 nitrogen and oxygen atoms in total. The van der Waals surface area contributed by atoms with Crippen LogP contribution in [0.5, 0.6) is 0 Å². The van der Waals surface area contributed by atoms with Gasteiger partial charge in [0, 0.05) is 48.5 Å². The number of hydrogen-bond donors (Lipinski definition) is 1. The number of carbonyl (C=O) groups excluding carboxylic acids is 1. The number of anilines is 2. The number of pyridine rings is 2. The van der Waals surface area contributed by atoms with Crippen LogP contribution in [0.1, 0.15) is 36.8 Å². The molecule has 0 bridgehead atoms. The van der Waals surface area contributed by atoms with Crippen LogP contribution in [0.4, 0.5) is 20.2 Å². The first-order valence-corrected chi connectivity index (χ1v) is 11.7. The van der Waals surface area contributed by atoms with E-state index in [4.69, 9.17) is 4.74 Å². The number of aromatic nitrogens is 5. The summed E-state index contributed by atoms with van der Waals surface area (Å²) < 4.78 is 38.2. The average molecular weight is 496 g/mol. The van der Waals surface area contributed by atoms with Crippen molar-refractivity contribution in [2.45, 2.75) is 33.2 Å². The summed E-state index contributed by atoms with van der Waals surface area (Å²) in [4.78, 5) is 23.7. The summed E-state index contributed by atoms with van der Waals surface area (Å²) in [5.41, 5.74) is 2.39. The monoisotopic (exact) mass is 495 g/mol.